The summed E-state index contributed by atoms with van der Waals surface area (Å²) < 4.78 is 34.6. The summed E-state index contributed by atoms with van der Waals surface area (Å²) in [5.41, 5.74) is -0.492. The molecule has 0 fully saturated rings. The van der Waals surface area contributed by atoms with E-state index in [2.05, 4.69) is 14.7 Å². The van der Waals surface area contributed by atoms with Crippen LogP contribution in [0.3, 0.4) is 0 Å². The highest BCUT2D eigenvalue weighted by Gasteiger charge is 2.18. The topological polar surface area (TPSA) is 145 Å². The zero-order chi connectivity index (χ0) is 23.5. The number of imidazole rings is 1. The molecule has 0 unspecified atom stereocenters. The molecule has 0 saturated heterocycles. The van der Waals surface area contributed by atoms with E-state index in [9.17, 15) is 22.8 Å². The van der Waals surface area contributed by atoms with Gasteiger partial charge in [0.05, 0.1) is 10.5 Å². The number of unbranched alkanes of at least 4 members (excludes halogenated alkanes) is 1. The van der Waals surface area contributed by atoms with Crippen molar-refractivity contribution < 1.29 is 17.9 Å². The molecule has 3 rings (SSSR count). The van der Waals surface area contributed by atoms with Gasteiger partial charge >= 0.3 is 11.7 Å². The normalized spacial score (nSPS) is 11.7. The van der Waals surface area contributed by atoms with E-state index in [4.69, 9.17) is 4.74 Å². The second-order valence-corrected chi connectivity index (χ2v) is 8.89. The van der Waals surface area contributed by atoms with Gasteiger partial charge in [-0.15, -0.1) is 0 Å². The minimum Gasteiger partial charge on any atom is -0.454 e. The summed E-state index contributed by atoms with van der Waals surface area (Å²) in [6.45, 7) is 4.07. The van der Waals surface area contributed by atoms with Gasteiger partial charge in [0.1, 0.15) is 12.4 Å². The molecule has 0 aliphatic heterocycles. The van der Waals surface area contributed by atoms with Crippen LogP contribution in [0.5, 0.6) is 0 Å². The van der Waals surface area contributed by atoms with E-state index in [0.29, 0.717) is 12.4 Å². The number of H-pyrrole nitrogens is 1. The van der Waals surface area contributed by atoms with Crippen molar-refractivity contribution in [3.05, 3.63) is 56.5 Å². The van der Waals surface area contributed by atoms with E-state index in [1.54, 1.807) is 14.0 Å². The maximum absolute atomic E-state index is 12.4. The van der Waals surface area contributed by atoms with E-state index in [0.717, 1.165) is 12.8 Å². The Balaban J connectivity index is 1.82. The Morgan fingerprint density at radius 1 is 1.19 bits per heavy atom. The lowest BCUT2D eigenvalue weighted by Gasteiger charge is -2.07. The van der Waals surface area contributed by atoms with Crippen LogP contribution in [0.4, 0.5) is 0 Å². The second kappa shape index (κ2) is 9.49. The molecule has 2 N–H and O–H groups in total. The standard InChI is InChI=1S/C20H25N5O6S/c1-4-6-11-25-17-16(18(26)23-20(25)28)24(3)15(22-17)12-31-19(27)13-7-9-14(10-8-13)32(29,30)21-5-2/h7-10,21H,4-6,11-12H2,1-3H3,(H,23,26,28). The number of nitrogens with zero attached hydrogens (tertiary/aromatic N) is 3. The average molecular weight is 464 g/mol. The molecule has 0 amide bonds. The molecule has 32 heavy (non-hydrogen) atoms. The Labute approximate surface area is 184 Å². The summed E-state index contributed by atoms with van der Waals surface area (Å²) in [6.07, 6.45) is 1.60. The number of sulfonamides is 1. The first-order valence-corrected chi connectivity index (χ1v) is 11.6. The van der Waals surface area contributed by atoms with E-state index in [1.165, 1.54) is 33.4 Å². The summed E-state index contributed by atoms with van der Waals surface area (Å²) in [6, 6.07) is 5.34. The van der Waals surface area contributed by atoms with E-state index in [-0.39, 0.29) is 34.8 Å². The first-order chi connectivity index (χ1) is 15.2. The van der Waals surface area contributed by atoms with Crippen molar-refractivity contribution in [3.8, 4) is 0 Å². The molecule has 0 spiro atoms. The van der Waals surface area contributed by atoms with Gasteiger partial charge < -0.3 is 9.30 Å². The van der Waals surface area contributed by atoms with Gasteiger partial charge in [0, 0.05) is 20.1 Å². The molecule has 11 nitrogen and oxygen atoms in total. The second-order valence-electron chi connectivity index (χ2n) is 7.13. The van der Waals surface area contributed by atoms with E-state index >= 15 is 0 Å². The number of aromatic nitrogens is 4. The Bertz CT molecular complexity index is 1350. The fraction of sp³-hybridized carbons (Fsp3) is 0.400. The number of aryl methyl sites for hydroxylation is 2. The third kappa shape index (κ3) is 4.65. The number of rotatable bonds is 9. The van der Waals surface area contributed by atoms with Crippen molar-refractivity contribution in [1.82, 2.24) is 23.8 Å². The lowest BCUT2D eigenvalue weighted by molar-refractivity contribution is 0.0459. The van der Waals surface area contributed by atoms with Gasteiger partial charge in [-0.3, -0.25) is 14.3 Å². The molecule has 0 saturated carbocycles. The van der Waals surface area contributed by atoms with Crippen molar-refractivity contribution in [2.75, 3.05) is 6.54 Å². The maximum Gasteiger partial charge on any atom is 0.338 e. The molecule has 3 aromatic rings. The van der Waals surface area contributed by atoms with Crippen molar-refractivity contribution in [1.29, 1.82) is 0 Å². The molecule has 172 valence electrons. The van der Waals surface area contributed by atoms with Gasteiger partial charge in [0.25, 0.3) is 5.56 Å². The van der Waals surface area contributed by atoms with Crippen molar-refractivity contribution >= 4 is 27.2 Å². The Morgan fingerprint density at radius 2 is 1.88 bits per heavy atom. The number of hydrogen-bond acceptors (Lipinski definition) is 7. The number of carbonyl (C=O) groups is 1. The maximum atomic E-state index is 12.4. The molecule has 2 aromatic heterocycles. The molecule has 1 aromatic carbocycles. The summed E-state index contributed by atoms with van der Waals surface area (Å²) in [5.74, 6) is -0.386. The SMILES string of the molecule is CCCCn1c(=O)[nH]c(=O)c2c1nc(COC(=O)c1ccc(S(=O)(=O)NCC)cc1)n2C. The quantitative estimate of drug-likeness (QED) is 0.448. The summed E-state index contributed by atoms with van der Waals surface area (Å²) in [5, 5.41) is 0. The number of benzene rings is 1. The van der Waals surface area contributed by atoms with Crippen LogP contribution >= 0.6 is 0 Å². The van der Waals surface area contributed by atoms with Crippen molar-refractivity contribution in [2.45, 2.75) is 44.7 Å². The van der Waals surface area contributed by atoms with Crippen LogP contribution in [-0.2, 0) is 35.0 Å². The molecule has 0 atom stereocenters. The van der Waals surface area contributed by atoms with Gasteiger partial charge in [-0.2, -0.15) is 0 Å². The number of esters is 1. The number of fused-ring (bicyclic) bond motifs is 1. The Kier molecular flexibility index (Phi) is 6.94. The highest BCUT2D eigenvalue weighted by atomic mass is 32.2. The summed E-state index contributed by atoms with van der Waals surface area (Å²) in [7, 11) is -2.02. The van der Waals surface area contributed by atoms with Crippen molar-refractivity contribution in [3.63, 3.8) is 0 Å². The van der Waals surface area contributed by atoms with Crippen LogP contribution in [0.1, 0.15) is 42.9 Å². The Morgan fingerprint density at radius 3 is 2.50 bits per heavy atom. The van der Waals surface area contributed by atoms with Gasteiger partial charge in [-0.25, -0.2) is 27.7 Å². The molecule has 0 radical (unpaired) electrons. The third-order valence-electron chi connectivity index (χ3n) is 4.91. The molecular formula is C20H25N5O6S. The highest BCUT2D eigenvalue weighted by molar-refractivity contribution is 7.89. The molecule has 2 heterocycles. The minimum atomic E-state index is -3.62. The first-order valence-electron chi connectivity index (χ1n) is 10.1. The fourth-order valence-corrected chi connectivity index (χ4v) is 4.24. The van der Waals surface area contributed by atoms with Crippen LogP contribution in [0.15, 0.2) is 38.8 Å². The molecular weight excluding hydrogens is 438 g/mol. The third-order valence-corrected chi connectivity index (χ3v) is 6.47. The van der Waals surface area contributed by atoms with E-state index < -0.39 is 27.2 Å². The first kappa shape index (κ1) is 23.4. The zero-order valence-corrected chi connectivity index (χ0v) is 18.9. The van der Waals surface area contributed by atoms with Crippen LogP contribution < -0.4 is 16.0 Å². The number of aromatic amines is 1. The molecule has 0 aliphatic carbocycles. The summed E-state index contributed by atoms with van der Waals surface area (Å²) in [4.78, 5) is 43.6. The monoisotopic (exact) mass is 463 g/mol. The Hall–Kier alpha value is -3.25. The molecule has 12 heteroatoms. The molecule has 0 aliphatic rings. The number of ether oxygens (including phenoxy) is 1. The van der Waals surface area contributed by atoms with Gasteiger partial charge in [-0.1, -0.05) is 20.3 Å². The van der Waals surface area contributed by atoms with Crippen LogP contribution in [0, 0.1) is 0 Å². The number of nitrogens with one attached hydrogen (secondary N) is 2. The number of hydrogen-bond donors (Lipinski definition) is 2. The van der Waals surface area contributed by atoms with Crippen LogP contribution in [0.25, 0.3) is 11.2 Å². The minimum absolute atomic E-state index is 0.0375. The lowest BCUT2D eigenvalue weighted by Crippen LogP contribution is -2.31. The average Bonchev–Trinajstić information content (AvgIpc) is 3.08. The zero-order valence-electron chi connectivity index (χ0n) is 18.0. The lowest BCUT2D eigenvalue weighted by atomic mass is 10.2. The van der Waals surface area contributed by atoms with Crippen LogP contribution in [0.2, 0.25) is 0 Å². The predicted molar refractivity (Wildman–Crippen MR) is 117 cm³/mol. The highest BCUT2D eigenvalue weighted by Crippen LogP contribution is 2.14. The summed E-state index contributed by atoms with van der Waals surface area (Å²) >= 11 is 0. The predicted octanol–water partition coefficient (Wildman–Crippen LogP) is 0.879. The number of carbonyl (C=O) groups excluding carboxylic acids is 1. The van der Waals surface area contributed by atoms with Crippen molar-refractivity contribution in [2.24, 2.45) is 7.05 Å². The van der Waals surface area contributed by atoms with Crippen LogP contribution in [-0.4, -0.2) is 40.0 Å². The van der Waals surface area contributed by atoms with Gasteiger partial charge in [0.2, 0.25) is 10.0 Å². The largest absolute Gasteiger partial charge is 0.454 e. The smallest absolute Gasteiger partial charge is 0.338 e. The van der Waals surface area contributed by atoms with Gasteiger partial charge in [-0.05, 0) is 30.7 Å². The fourth-order valence-electron chi connectivity index (χ4n) is 3.20. The van der Waals surface area contributed by atoms with Gasteiger partial charge in [0.15, 0.2) is 11.2 Å². The molecule has 0 bridgehead atoms. The van der Waals surface area contributed by atoms with E-state index in [1.807, 2.05) is 6.92 Å².